The van der Waals surface area contributed by atoms with E-state index in [1.807, 2.05) is 26.0 Å². The van der Waals surface area contributed by atoms with Gasteiger partial charge >= 0.3 is 0 Å². The number of carbonyl (C=O) groups is 1. The number of amides is 1. The minimum absolute atomic E-state index is 0.0268. The van der Waals surface area contributed by atoms with E-state index in [2.05, 4.69) is 10.3 Å². The first kappa shape index (κ1) is 15.2. The Morgan fingerprint density at radius 1 is 1.24 bits per heavy atom. The van der Waals surface area contributed by atoms with Crippen LogP contribution < -0.4 is 5.32 Å². The van der Waals surface area contributed by atoms with Gasteiger partial charge in [0, 0.05) is 24.7 Å². The van der Waals surface area contributed by atoms with E-state index in [0.717, 1.165) is 16.8 Å². The molecule has 0 saturated heterocycles. The minimum atomic E-state index is -0.276. The highest BCUT2D eigenvalue weighted by molar-refractivity contribution is 5.76. The van der Waals surface area contributed by atoms with Crippen molar-refractivity contribution in [3.05, 3.63) is 54.0 Å². The fraction of sp³-hybridized carbons (Fsp3) is 0.294. The van der Waals surface area contributed by atoms with Gasteiger partial charge in [-0.2, -0.15) is 0 Å². The topological polar surface area (TPSA) is 42.0 Å². The molecule has 1 N–H and O–H groups in total. The second kappa shape index (κ2) is 6.97. The van der Waals surface area contributed by atoms with Crippen LogP contribution in [-0.2, 0) is 11.3 Å². The van der Waals surface area contributed by atoms with E-state index in [9.17, 15) is 9.18 Å². The van der Waals surface area contributed by atoms with Crippen molar-refractivity contribution in [2.24, 2.45) is 5.92 Å². The van der Waals surface area contributed by atoms with Crippen molar-refractivity contribution in [1.29, 1.82) is 0 Å². The molecule has 1 amide bonds. The molecule has 0 aliphatic carbocycles. The Balaban J connectivity index is 2.14. The number of nitrogens with one attached hydrogen (secondary N) is 1. The molecule has 21 heavy (non-hydrogen) atoms. The number of rotatable bonds is 5. The molecule has 3 nitrogen and oxygen atoms in total. The Bertz CT molecular complexity index is 608. The number of aromatic nitrogens is 1. The third kappa shape index (κ3) is 4.38. The molecule has 0 bridgehead atoms. The van der Waals surface area contributed by atoms with Crippen molar-refractivity contribution < 1.29 is 9.18 Å². The number of benzene rings is 1. The summed E-state index contributed by atoms with van der Waals surface area (Å²) in [7, 11) is 0. The summed E-state index contributed by atoms with van der Waals surface area (Å²) < 4.78 is 13.0. The SMILES string of the molecule is CC(C)CC(=O)NCc1cccnc1-c1ccc(F)cc1. The standard InChI is InChI=1S/C17H19FN2O/c1-12(2)10-16(21)20-11-14-4-3-9-19-17(14)13-5-7-15(18)8-6-13/h3-9,12H,10-11H2,1-2H3,(H,20,21). The predicted octanol–water partition coefficient (Wildman–Crippen LogP) is 3.55. The Morgan fingerprint density at radius 2 is 1.95 bits per heavy atom. The largest absolute Gasteiger partial charge is 0.352 e. The number of pyridine rings is 1. The maximum atomic E-state index is 13.0. The van der Waals surface area contributed by atoms with Crippen LogP contribution in [0.1, 0.15) is 25.8 Å². The third-order valence-corrected chi connectivity index (χ3v) is 3.08. The van der Waals surface area contributed by atoms with Gasteiger partial charge in [-0.15, -0.1) is 0 Å². The number of halogens is 1. The summed E-state index contributed by atoms with van der Waals surface area (Å²) in [5, 5.41) is 2.90. The van der Waals surface area contributed by atoms with Crippen LogP contribution in [0.2, 0.25) is 0 Å². The summed E-state index contributed by atoms with van der Waals surface area (Å²) in [5.74, 6) is 0.0795. The lowest BCUT2D eigenvalue weighted by molar-refractivity contribution is -0.121. The molecule has 0 atom stereocenters. The molecule has 1 heterocycles. The zero-order valence-electron chi connectivity index (χ0n) is 12.3. The molecule has 0 aliphatic rings. The van der Waals surface area contributed by atoms with E-state index < -0.39 is 0 Å². The van der Waals surface area contributed by atoms with Crippen molar-refractivity contribution in [3.8, 4) is 11.3 Å². The first-order valence-corrected chi connectivity index (χ1v) is 7.03. The van der Waals surface area contributed by atoms with E-state index in [1.54, 1.807) is 18.3 Å². The van der Waals surface area contributed by atoms with Gasteiger partial charge in [0.25, 0.3) is 0 Å². The summed E-state index contributed by atoms with van der Waals surface area (Å²) in [6, 6.07) is 9.95. The van der Waals surface area contributed by atoms with Crippen LogP contribution in [-0.4, -0.2) is 10.9 Å². The van der Waals surface area contributed by atoms with Crippen molar-refractivity contribution in [2.75, 3.05) is 0 Å². The van der Waals surface area contributed by atoms with Crippen molar-refractivity contribution in [1.82, 2.24) is 10.3 Å². The molecule has 110 valence electrons. The number of nitrogens with zero attached hydrogens (tertiary/aromatic N) is 1. The van der Waals surface area contributed by atoms with E-state index in [1.165, 1.54) is 12.1 Å². The molecule has 0 spiro atoms. The van der Waals surface area contributed by atoms with Crippen LogP contribution in [0.5, 0.6) is 0 Å². The summed E-state index contributed by atoms with van der Waals surface area (Å²) in [6.45, 7) is 4.44. The number of hydrogen-bond acceptors (Lipinski definition) is 2. The van der Waals surface area contributed by atoms with Crippen LogP contribution in [0.25, 0.3) is 11.3 Å². The third-order valence-electron chi connectivity index (χ3n) is 3.08. The lowest BCUT2D eigenvalue weighted by Crippen LogP contribution is -2.24. The maximum Gasteiger partial charge on any atom is 0.220 e. The van der Waals surface area contributed by atoms with E-state index in [0.29, 0.717) is 18.9 Å². The highest BCUT2D eigenvalue weighted by Crippen LogP contribution is 2.21. The van der Waals surface area contributed by atoms with E-state index in [-0.39, 0.29) is 11.7 Å². The zero-order valence-corrected chi connectivity index (χ0v) is 12.3. The fourth-order valence-electron chi connectivity index (χ4n) is 2.09. The molecule has 0 aliphatic heterocycles. The first-order chi connectivity index (χ1) is 10.1. The van der Waals surface area contributed by atoms with Crippen molar-refractivity contribution >= 4 is 5.91 Å². The van der Waals surface area contributed by atoms with Crippen LogP contribution in [0.15, 0.2) is 42.6 Å². The van der Waals surface area contributed by atoms with E-state index in [4.69, 9.17) is 0 Å². The second-order valence-electron chi connectivity index (χ2n) is 5.39. The monoisotopic (exact) mass is 286 g/mol. The van der Waals surface area contributed by atoms with Crippen LogP contribution >= 0.6 is 0 Å². The number of carbonyl (C=O) groups excluding carboxylic acids is 1. The van der Waals surface area contributed by atoms with Gasteiger partial charge < -0.3 is 5.32 Å². The summed E-state index contributed by atoms with van der Waals surface area (Å²) in [5.41, 5.74) is 2.52. The van der Waals surface area contributed by atoms with Gasteiger partial charge in [-0.3, -0.25) is 9.78 Å². The second-order valence-corrected chi connectivity index (χ2v) is 5.39. The molecule has 0 saturated carbocycles. The quantitative estimate of drug-likeness (QED) is 0.913. The van der Waals surface area contributed by atoms with Crippen molar-refractivity contribution in [3.63, 3.8) is 0 Å². The van der Waals surface area contributed by atoms with Gasteiger partial charge in [0.1, 0.15) is 5.82 Å². The van der Waals surface area contributed by atoms with Crippen LogP contribution in [0.4, 0.5) is 4.39 Å². The Morgan fingerprint density at radius 3 is 2.62 bits per heavy atom. The molecule has 0 unspecified atom stereocenters. The Labute approximate surface area is 124 Å². The molecule has 0 radical (unpaired) electrons. The molecule has 4 heteroatoms. The maximum absolute atomic E-state index is 13.0. The minimum Gasteiger partial charge on any atom is -0.352 e. The Kier molecular flexibility index (Phi) is 5.04. The van der Waals surface area contributed by atoms with Crippen molar-refractivity contribution in [2.45, 2.75) is 26.8 Å². The molecule has 0 fully saturated rings. The van der Waals surface area contributed by atoms with Gasteiger partial charge in [-0.25, -0.2) is 4.39 Å². The molecular weight excluding hydrogens is 267 g/mol. The molecule has 1 aromatic carbocycles. The lowest BCUT2D eigenvalue weighted by atomic mass is 10.1. The highest BCUT2D eigenvalue weighted by Gasteiger charge is 2.09. The van der Waals surface area contributed by atoms with Gasteiger partial charge in [0.05, 0.1) is 5.69 Å². The van der Waals surface area contributed by atoms with Gasteiger partial charge in [-0.1, -0.05) is 19.9 Å². The normalized spacial score (nSPS) is 10.7. The molecule has 2 aromatic rings. The summed E-state index contributed by atoms with van der Waals surface area (Å²) in [4.78, 5) is 16.1. The molecule has 2 rings (SSSR count). The fourth-order valence-corrected chi connectivity index (χ4v) is 2.09. The van der Waals surface area contributed by atoms with E-state index >= 15 is 0 Å². The smallest absolute Gasteiger partial charge is 0.220 e. The van der Waals surface area contributed by atoms with Gasteiger partial charge in [0.2, 0.25) is 5.91 Å². The number of hydrogen-bond donors (Lipinski definition) is 1. The zero-order chi connectivity index (χ0) is 15.2. The highest BCUT2D eigenvalue weighted by atomic mass is 19.1. The van der Waals surface area contributed by atoms with Crippen LogP contribution in [0, 0.1) is 11.7 Å². The van der Waals surface area contributed by atoms with Gasteiger partial charge in [0.15, 0.2) is 0 Å². The predicted molar refractivity (Wildman–Crippen MR) is 80.9 cm³/mol. The van der Waals surface area contributed by atoms with Gasteiger partial charge in [-0.05, 0) is 41.8 Å². The summed E-state index contributed by atoms with van der Waals surface area (Å²) >= 11 is 0. The average molecular weight is 286 g/mol. The average Bonchev–Trinajstić information content (AvgIpc) is 2.46. The van der Waals surface area contributed by atoms with Crippen LogP contribution in [0.3, 0.4) is 0 Å². The molecule has 1 aromatic heterocycles. The molecular formula is C17H19FN2O. The Hall–Kier alpha value is -2.23. The lowest BCUT2D eigenvalue weighted by Gasteiger charge is -2.11. The summed E-state index contributed by atoms with van der Waals surface area (Å²) in [6.07, 6.45) is 2.20. The first-order valence-electron chi connectivity index (χ1n) is 7.03.